The number of aromatic nitrogens is 2. The number of carbonyl (C=O) groups is 1. The van der Waals surface area contributed by atoms with Crippen LogP contribution in [0.3, 0.4) is 0 Å². The summed E-state index contributed by atoms with van der Waals surface area (Å²) in [6.45, 7) is 1.81. The number of terminal acetylenes is 1. The molecule has 0 spiro atoms. The van der Waals surface area contributed by atoms with Gasteiger partial charge in [0.1, 0.15) is 12.4 Å². The zero-order valence-electron chi connectivity index (χ0n) is 7.60. The van der Waals surface area contributed by atoms with Crippen molar-refractivity contribution in [3.63, 3.8) is 0 Å². The molecule has 0 aliphatic carbocycles. The van der Waals surface area contributed by atoms with E-state index in [4.69, 9.17) is 11.5 Å². The van der Waals surface area contributed by atoms with Gasteiger partial charge < -0.3 is 10.0 Å². The number of carboxylic acid groups (broad SMARTS) is 1. The molecule has 0 saturated heterocycles. The standard InChI is InChI=1S/C8H9N3O2S/c1-3-4-11(5-7(12)13)8-9-6(2)10-14-8/h1H,4-5H2,2H3,(H,12,13). The highest BCUT2D eigenvalue weighted by atomic mass is 32.1. The molecule has 6 heteroatoms. The summed E-state index contributed by atoms with van der Waals surface area (Å²) in [7, 11) is 0. The van der Waals surface area contributed by atoms with Gasteiger partial charge >= 0.3 is 5.97 Å². The van der Waals surface area contributed by atoms with Gasteiger partial charge in [-0.3, -0.25) is 4.79 Å². The third-order valence-corrected chi connectivity index (χ3v) is 2.26. The molecular weight excluding hydrogens is 202 g/mol. The van der Waals surface area contributed by atoms with E-state index < -0.39 is 5.97 Å². The Bertz CT molecular complexity index is 369. The number of hydrogen-bond acceptors (Lipinski definition) is 5. The van der Waals surface area contributed by atoms with Crippen LogP contribution in [0, 0.1) is 19.3 Å². The van der Waals surface area contributed by atoms with E-state index in [0.717, 1.165) is 11.5 Å². The molecule has 0 atom stereocenters. The lowest BCUT2D eigenvalue weighted by molar-refractivity contribution is -0.135. The zero-order valence-corrected chi connectivity index (χ0v) is 8.41. The Morgan fingerprint density at radius 2 is 2.50 bits per heavy atom. The minimum atomic E-state index is -0.937. The molecule has 0 bridgehead atoms. The topological polar surface area (TPSA) is 66.3 Å². The highest BCUT2D eigenvalue weighted by molar-refractivity contribution is 7.09. The van der Waals surface area contributed by atoms with Crippen LogP contribution < -0.4 is 4.90 Å². The van der Waals surface area contributed by atoms with Gasteiger partial charge in [-0.2, -0.15) is 4.37 Å². The molecule has 0 aromatic carbocycles. The van der Waals surface area contributed by atoms with Crippen molar-refractivity contribution >= 4 is 22.6 Å². The van der Waals surface area contributed by atoms with Crippen molar-refractivity contribution < 1.29 is 9.90 Å². The third-order valence-electron chi connectivity index (χ3n) is 1.40. The van der Waals surface area contributed by atoms with E-state index in [2.05, 4.69) is 15.3 Å². The molecule has 0 fully saturated rings. The minimum absolute atomic E-state index is 0.154. The summed E-state index contributed by atoms with van der Waals surface area (Å²) in [5.41, 5.74) is 0. The molecule has 1 aromatic heterocycles. The lowest BCUT2D eigenvalue weighted by Gasteiger charge is -2.14. The van der Waals surface area contributed by atoms with Crippen LogP contribution in [0.1, 0.15) is 5.82 Å². The average Bonchev–Trinajstić information content (AvgIpc) is 2.50. The van der Waals surface area contributed by atoms with E-state index >= 15 is 0 Å². The summed E-state index contributed by atoms with van der Waals surface area (Å²) in [4.78, 5) is 16.1. The fourth-order valence-corrected chi connectivity index (χ4v) is 1.55. The van der Waals surface area contributed by atoms with Gasteiger partial charge in [-0.1, -0.05) is 5.92 Å². The summed E-state index contributed by atoms with van der Waals surface area (Å²) in [6.07, 6.45) is 5.12. The summed E-state index contributed by atoms with van der Waals surface area (Å²) in [5.74, 6) is 2.07. The first-order chi connectivity index (χ1) is 6.63. The van der Waals surface area contributed by atoms with Crippen molar-refractivity contribution in [1.29, 1.82) is 0 Å². The van der Waals surface area contributed by atoms with Crippen molar-refractivity contribution in [2.45, 2.75) is 6.92 Å². The van der Waals surface area contributed by atoms with Crippen LogP contribution >= 0.6 is 11.5 Å². The second-order valence-electron chi connectivity index (χ2n) is 2.58. The molecule has 14 heavy (non-hydrogen) atoms. The van der Waals surface area contributed by atoms with Gasteiger partial charge in [-0.25, -0.2) is 4.98 Å². The van der Waals surface area contributed by atoms with Gasteiger partial charge in [0.15, 0.2) is 0 Å². The normalized spacial score (nSPS) is 9.43. The number of aliphatic carboxylic acids is 1. The summed E-state index contributed by atoms with van der Waals surface area (Å²) in [6, 6.07) is 0. The SMILES string of the molecule is C#CCN(CC(=O)O)c1nc(C)ns1. The molecule has 0 radical (unpaired) electrons. The Morgan fingerprint density at radius 1 is 1.79 bits per heavy atom. The Kier molecular flexibility index (Phi) is 3.42. The molecule has 0 aliphatic heterocycles. The maximum Gasteiger partial charge on any atom is 0.323 e. The molecule has 0 unspecified atom stereocenters. The van der Waals surface area contributed by atoms with Crippen molar-refractivity contribution in [1.82, 2.24) is 9.36 Å². The molecule has 0 saturated carbocycles. The number of rotatable bonds is 4. The maximum absolute atomic E-state index is 10.5. The van der Waals surface area contributed by atoms with E-state index in [1.54, 1.807) is 6.92 Å². The van der Waals surface area contributed by atoms with E-state index in [1.165, 1.54) is 4.90 Å². The molecule has 5 nitrogen and oxygen atoms in total. The predicted octanol–water partition coefficient (Wildman–Crippen LogP) is 0.371. The molecular formula is C8H9N3O2S. The predicted molar refractivity (Wildman–Crippen MR) is 53.3 cm³/mol. The zero-order chi connectivity index (χ0) is 10.6. The number of aryl methyl sites for hydroxylation is 1. The first kappa shape index (κ1) is 10.5. The van der Waals surface area contributed by atoms with Crippen LogP contribution in [0.15, 0.2) is 0 Å². The first-order valence-electron chi connectivity index (χ1n) is 3.84. The maximum atomic E-state index is 10.5. The van der Waals surface area contributed by atoms with Gasteiger partial charge in [0, 0.05) is 11.5 Å². The Hall–Kier alpha value is -1.61. The van der Waals surface area contributed by atoms with Crippen LogP contribution in [0.25, 0.3) is 0 Å². The van der Waals surface area contributed by atoms with Crippen molar-refractivity contribution in [3.05, 3.63) is 5.82 Å². The molecule has 74 valence electrons. The molecule has 1 heterocycles. The first-order valence-corrected chi connectivity index (χ1v) is 4.61. The second kappa shape index (κ2) is 4.58. The van der Waals surface area contributed by atoms with Gasteiger partial charge in [-0.15, -0.1) is 6.42 Å². The molecule has 1 rings (SSSR count). The Morgan fingerprint density at radius 3 is 2.93 bits per heavy atom. The van der Waals surface area contributed by atoms with Crippen LogP contribution in [0.4, 0.5) is 5.13 Å². The fourth-order valence-electron chi connectivity index (χ4n) is 0.879. The van der Waals surface area contributed by atoms with Gasteiger partial charge in [0.05, 0.1) is 6.54 Å². The van der Waals surface area contributed by atoms with Crippen molar-refractivity contribution in [3.8, 4) is 12.3 Å². The second-order valence-corrected chi connectivity index (χ2v) is 3.31. The molecule has 1 N–H and O–H groups in total. The van der Waals surface area contributed by atoms with E-state index in [0.29, 0.717) is 11.0 Å². The average molecular weight is 211 g/mol. The number of anilines is 1. The lowest BCUT2D eigenvalue weighted by Crippen LogP contribution is -2.29. The van der Waals surface area contributed by atoms with Gasteiger partial charge in [-0.05, 0) is 6.92 Å². The number of hydrogen-bond donors (Lipinski definition) is 1. The van der Waals surface area contributed by atoms with E-state index in [-0.39, 0.29) is 13.1 Å². The molecule has 1 aromatic rings. The summed E-state index contributed by atoms with van der Waals surface area (Å²) >= 11 is 1.15. The van der Waals surface area contributed by atoms with Crippen LogP contribution in [0.2, 0.25) is 0 Å². The van der Waals surface area contributed by atoms with Crippen LogP contribution in [-0.4, -0.2) is 33.5 Å². The van der Waals surface area contributed by atoms with Crippen LogP contribution in [0.5, 0.6) is 0 Å². The summed E-state index contributed by atoms with van der Waals surface area (Å²) in [5, 5.41) is 9.17. The number of nitrogens with zero attached hydrogens (tertiary/aromatic N) is 3. The summed E-state index contributed by atoms with van der Waals surface area (Å²) < 4.78 is 3.95. The number of carboxylic acids is 1. The lowest BCUT2D eigenvalue weighted by atomic mass is 10.5. The molecule has 0 amide bonds. The quantitative estimate of drug-likeness (QED) is 0.729. The van der Waals surface area contributed by atoms with E-state index in [9.17, 15) is 4.79 Å². The monoisotopic (exact) mass is 211 g/mol. The van der Waals surface area contributed by atoms with Gasteiger partial charge in [0.25, 0.3) is 0 Å². The van der Waals surface area contributed by atoms with Gasteiger partial charge in [0.2, 0.25) is 5.13 Å². The highest BCUT2D eigenvalue weighted by Crippen LogP contribution is 2.15. The van der Waals surface area contributed by atoms with Crippen LogP contribution in [-0.2, 0) is 4.79 Å². The fraction of sp³-hybridized carbons (Fsp3) is 0.375. The Labute approximate surface area is 85.6 Å². The minimum Gasteiger partial charge on any atom is -0.480 e. The smallest absolute Gasteiger partial charge is 0.323 e. The largest absolute Gasteiger partial charge is 0.480 e. The van der Waals surface area contributed by atoms with Crippen molar-refractivity contribution in [2.75, 3.05) is 18.0 Å². The third kappa shape index (κ3) is 2.71. The molecule has 0 aliphatic rings. The van der Waals surface area contributed by atoms with Crippen molar-refractivity contribution in [2.24, 2.45) is 0 Å². The van der Waals surface area contributed by atoms with E-state index in [1.807, 2.05) is 0 Å². The Balaban J connectivity index is 2.78. The highest BCUT2D eigenvalue weighted by Gasteiger charge is 2.13.